The predicted molar refractivity (Wildman–Crippen MR) is 98.3 cm³/mol. The summed E-state index contributed by atoms with van der Waals surface area (Å²) in [5.74, 6) is 0.147. The maximum absolute atomic E-state index is 12.4. The van der Waals surface area contributed by atoms with Crippen molar-refractivity contribution in [2.75, 3.05) is 6.54 Å². The normalized spacial score (nSPS) is 13.4. The zero-order valence-electron chi connectivity index (χ0n) is 14.3. The summed E-state index contributed by atoms with van der Waals surface area (Å²) in [6.45, 7) is 6.31. The zero-order valence-corrected chi connectivity index (χ0v) is 15.1. The first kappa shape index (κ1) is 20.1. The van der Waals surface area contributed by atoms with E-state index in [2.05, 4.69) is 24.3 Å². The highest BCUT2D eigenvalue weighted by Gasteiger charge is 2.26. The van der Waals surface area contributed by atoms with Crippen molar-refractivity contribution in [3.63, 3.8) is 0 Å². The topological polar surface area (TPSA) is 90.0 Å². The van der Waals surface area contributed by atoms with Crippen LogP contribution >= 0.6 is 12.4 Å². The SMILES string of the molecule is CC(C)CC(C)(CN)NC(=O)Cn1ncc2ccccc2c1=O.Cl. The van der Waals surface area contributed by atoms with Crippen LogP contribution in [0.15, 0.2) is 35.3 Å². The standard InChI is InChI=1S/C17H24N4O2.ClH/c1-12(2)8-17(3,11-18)20-15(22)10-21-16(23)14-7-5-4-6-13(14)9-19-21;/h4-7,9,12H,8,10-11,18H2,1-3H3,(H,20,22);1H. The molecular weight excluding hydrogens is 328 g/mol. The quantitative estimate of drug-likeness (QED) is 0.827. The van der Waals surface area contributed by atoms with Gasteiger partial charge in [0.1, 0.15) is 6.54 Å². The van der Waals surface area contributed by atoms with E-state index in [1.165, 1.54) is 4.68 Å². The van der Waals surface area contributed by atoms with Crippen LogP contribution in [0, 0.1) is 5.92 Å². The third-order valence-electron chi connectivity index (χ3n) is 3.81. The van der Waals surface area contributed by atoms with Crippen molar-refractivity contribution in [1.82, 2.24) is 15.1 Å². The van der Waals surface area contributed by atoms with Crippen molar-refractivity contribution in [2.24, 2.45) is 11.7 Å². The molecule has 0 fully saturated rings. The smallest absolute Gasteiger partial charge is 0.275 e. The number of fused-ring (bicyclic) bond motifs is 1. The first-order chi connectivity index (χ1) is 10.8. The maximum Gasteiger partial charge on any atom is 0.275 e. The van der Waals surface area contributed by atoms with Gasteiger partial charge in [0.2, 0.25) is 5.91 Å². The maximum atomic E-state index is 12.4. The van der Waals surface area contributed by atoms with Crippen molar-refractivity contribution in [2.45, 2.75) is 39.3 Å². The van der Waals surface area contributed by atoms with Crippen LogP contribution in [-0.4, -0.2) is 27.8 Å². The number of carbonyl (C=O) groups is 1. The predicted octanol–water partition coefficient (Wildman–Crippen LogP) is 1.70. The fourth-order valence-electron chi connectivity index (χ4n) is 2.84. The van der Waals surface area contributed by atoms with Crippen molar-refractivity contribution >= 4 is 29.1 Å². The van der Waals surface area contributed by atoms with Gasteiger partial charge in [-0.1, -0.05) is 32.0 Å². The molecule has 2 aromatic rings. The molecule has 1 aromatic heterocycles. The molecule has 1 atom stereocenters. The average molecular weight is 353 g/mol. The molecule has 7 heteroatoms. The molecule has 6 nitrogen and oxygen atoms in total. The Balaban J connectivity index is 0.00000288. The summed E-state index contributed by atoms with van der Waals surface area (Å²) in [5.41, 5.74) is 5.05. The molecular formula is C17H25ClN4O2. The van der Waals surface area contributed by atoms with Crippen molar-refractivity contribution in [1.29, 1.82) is 0 Å². The molecule has 1 amide bonds. The van der Waals surface area contributed by atoms with Gasteiger partial charge in [0.15, 0.2) is 0 Å². The van der Waals surface area contributed by atoms with E-state index in [9.17, 15) is 9.59 Å². The second-order valence-corrected chi connectivity index (χ2v) is 6.61. The molecule has 0 aliphatic rings. The molecule has 0 aliphatic heterocycles. The van der Waals surface area contributed by atoms with Crippen molar-refractivity contribution in [3.05, 3.63) is 40.8 Å². The van der Waals surface area contributed by atoms with Crippen molar-refractivity contribution < 1.29 is 4.79 Å². The molecule has 2 rings (SSSR count). The van der Waals surface area contributed by atoms with Crippen LogP contribution in [0.5, 0.6) is 0 Å². The lowest BCUT2D eigenvalue weighted by molar-refractivity contribution is -0.123. The minimum atomic E-state index is -0.480. The van der Waals surface area contributed by atoms with Gasteiger partial charge in [-0.2, -0.15) is 5.10 Å². The Morgan fingerprint density at radius 3 is 2.67 bits per heavy atom. The van der Waals surface area contributed by atoms with E-state index in [-0.39, 0.29) is 30.4 Å². The van der Waals surface area contributed by atoms with E-state index in [4.69, 9.17) is 5.73 Å². The Bertz CT molecular complexity index is 760. The summed E-state index contributed by atoms with van der Waals surface area (Å²) < 4.78 is 1.18. The molecule has 132 valence electrons. The molecule has 0 saturated carbocycles. The van der Waals surface area contributed by atoms with Gasteiger partial charge < -0.3 is 11.1 Å². The summed E-state index contributed by atoms with van der Waals surface area (Å²) in [5, 5.41) is 8.33. The Labute approximate surface area is 147 Å². The Morgan fingerprint density at radius 1 is 1.38 bits per heavy atom. The van der Waals surface area contributed by atoms with Gasteiger partial charge in [-0.3, -0.25) is 9.59 Å². The number of halogens is 1. The number of nitrogens with two attached hydrogens (primary N) is 1. The summed E-state index contributed by atoms with van der Waals surface area (Å²) in [6, 6.07) is 7.19. The highest BCUT2D eigenvalue weighted by molar-refractivity contribution is 5.85. The number of nitrogens with one attached hydrogen (secondary N) is 1. The Hall–Kier alpha value is -1.92. The third-order valence-corrected chi connectivity index (χ3v) is 3.81. The van der Waals surface area contributed by atoms with Gasteiger partial charge in [-0.05, 0) is 25.3 Å². The molecule has 24 heavy (non-hydrogen) atoms. The molecule has 0 aliphatic carbocycles. The van der Waals surface area contributed by atoms with Gasteiger partial charge >= 0.3 is 0 Å². The summed E-state index contributed by atoms with van der Waals surface area (Å²) in [7, 11) is 0. The number of hydrogen-bond donors (Lipinski definition) is 2. The highest BCUT2D eigenvalue weighted by Crippen LogP contribution is 2.15. The van der Waals surface area contributed by atoms with Crippen LogP contribution in [0.3, 0.4) is 0 Å². The van der Waals surface area contributed by atoms with E-state index in [0.29, 0.717) is 17.8 Å². The number of benzene rings is 1. The summed E-state index contributed by atoms with van der Waals surface area (Å²) in [4.78, 5) is 24.7. The van der Waals surface area contributed by atoms with E-state index < -0.39 is 5.54 Å². The number of carbonyl (C=O) groups excluding carboxylic acids is 1. The molecule has 3 N–H and O–H groups in total. The van der Waals surface area contributed by atoms with Crippen LogP contribution in [0.1, 0.15) is 27.2 Å². The van der Waals surface area contributed by atoms with E-state index in [1.807, 2.05) is 19.1 Å². The molecule has 0 radical (unpaired) electrons. The lowest BCUT2D eigenvalue weighted by Crippen LogP contribution is -2.53. The Morgan fingerprint density at radius 2 is 2.04 bits per heavy atom. The van der Waals surface area contributed by atoms with Crippen molar-refractivity contribution in [3.8, 4) is 0 Å². The fourth-order valence-corrected chi connectivity index (χ4v) is 2.84. The van der Waals surface area contributed by atoms with E-state index >= 15 is 0 Å². The Kier molecular flexibility index (Phi) is 6.93. The first-order valence-electron chi connectivity index (χ1n) is 7.80. The van der Waals surface area contributed by atoms with Crippen LogP contribution < -0.4 is 16.6 Å². The van der Waals surface area contributed by atoms with Gasteiger partial charge in [-0.15, -0.1) is 12.4 Å². The zero-order chi connectivity index (χ0) is 17.0. The first-order valence-corrected chi connectivity index (χ1v) is 7.80. The molecule has 1 aromatic carbocycles. The van der Waals surface area contributed by atoms with Gasteiger partial charge in [-0.25, -0.2) is 4.68 Å². The number of rotatable bonds is 6. The number of nitrogens with zero attached hydrogens (tertiary/aromatic N) is 2. The van der Waals surface area contributed by atoms with Crippen LogP contribution in [0.2, 0.25) is 0 Å². The molecule has 0 saturated heterocycles. The lowest BCUT2D eigenvalue weighted by Gasteiger charge is -2.31. The minimum absolute atomic E-state index is 0. The number of hydrogen-bond acceptors (Lipinski definition) is 4. The minimum Gasteiger partial charge on any atom is -0.348 e. The molecule has 1 unspecified atom stereocenters. The molecule has 0 bridgehead atoms. The molecule has 0 spiro atoms. The second kappa shape index (κ2) is 8.26. The monoisotopic (exact) mass is 352 g/mol. The average Bonchev–Trinajstić information content (AvgIpc) is 2.49. The van der Waals surface area contributed by atoms with E-state index in [0.717, 1.165) is 11.8 Å². The summed E-state index contributed by atoms with van der Waals surface area (Å²) in [6.07, 6.45) is 2.37. The highest BCUT2D eigenvalue weighted by atomic mass is 35.5. The summed E-state index contributed by atoms with van der Waals surface area (Å²) >= 11 is 0. The van der Waals surface area contributed by atoms with Crippen LogP contribution in [-0.2, 0) is 11.3 Å². The van der Waals surface area contributed by atoms with Gasteiger partial charge in [0.05, 0.1) is 11.6 Å². The largest absolute Gasteiger partial charge is 0.348 e. The van der Waals surface area contributed by atoms with E-state index in [1.54, 1.807) is 18.3 Å². The second-order valence-electron chi connectivity index (χ2n) is 6.61. The molecule has 1 heterocycles. The number of amides is 1. The number of aromatic nitrogens is 2. The van der Waals surface area contributed by atoms with Gasteiger partial charge in [0.25, 0.3) is 5.56 Å². The van der Waals surface area contributed by atoms with Gasteiger partial charge in [0, 0.05) is 17.5 Å². The van der Waals surface area contributed by atoms with Crippen LogP contribution in [0.4, 0.5) is 0 Å². The van der Waals surface area contributed by atoms with Crippen LogP contribution in [0.25, 0.3) is 10.8 Å². The lowest BCUT2D eigenvalue weighted by atomic mass is 9.91. The fraction of sp³-hybridized carbons (Fsp3) is 0.471. The third kappa shape index (κ3) is 4.79.